The number of hydrogen-bond acceptors (Lipinski definition) is 2. The Bertz CT molecular complexity index is 363. The zero-order chi connectivity index (χ0) is 12.3. The van der Waals surface area contributed by atoms with E-state index in [0.717, 1.165) is 12.1 Å². The Hall–Kier alpha value is -1.09. The summed E-state index contributed by atoms with van der Waals surface area (Å²) < 4.78 is 0. The standard InChI is InChI=1S/C13H20N2S/c1-13(2,3)9-15(4)11-7-5-10(6-8-11)12(14)16/h5-8H,9H2,1-4H3,(H2,14,16). The molecule has 0 saturated heterocycles. The van der Waals surface area contributed by atoms with E-state index in [-0.39, 0.29) is 5.41 Å². The van der Waals surface area contributed by atoms with Crippen LogP contribution in [-0.2, 0) is 0 Å². The summed E-state index contributed by atoms with van der Waals surface area (Å²) in [5.41, 5.74) is 7.96. The van der Waals surface area contributed by atoms with Gasteiger partial charge in [-0.25, -0.2) is 0 Å². The Labute approximate surface area is 103 Å². The SMILES string of the molecule is CN(CC(C)(C)C)c1ccc(C(N)=S)cc1. The van der Waals surface area contributed by atoms with Crippen LogP contribution in [0.3, 0.4) is 0 Å². The van der Waals surface area contributed by atoms with E-state index in [2.05, 4.69) is 44.9 Å². The van der Waals surface area contributed by atoms with Crippen molar-refractivity contribution in [2.75, 3.05) is 18.5 Å². The first kappa shape index (κ1) is 13.0. The van der Waals surface area contributed by atoms with Crippen molar-refractivity contribution in [1.29, 1.82) is 0 Å². The average Bonchev–Trinajstić information content (AvgIpc) is 2.15. The molecule has 0 aliphatic rings. The molecule has 0 saturated carbocycles. The largest absolute Gasteiger partial charge is 0.389 e. The van der Waals surface area contributed by atoms with Crippen molar-refractivity contribution in [3.05, 3.63) is 29.8 Å². The van der Waals surface area contributed by atoms with Crippen molar-refractivity contribution in [1.82, 2.24) is 0 Å². The topological polar surface area (TPSA) is 29.3 Å². The molecule has 0 aliphatic carbocycles. The van der Waals surface area contributed by atoms with Crippen LogP contribution < -0.4 is 10.6 Å². The molecule has 1 aromatic rings. The predicted molar refractivity (Wildman–Crippen MR) is 75.1 cm³/mol. The molecule has 2 nitrogen and oxygen atoms in total. The summed E-state index contributed by atoms with van der Waals surface area (Å²) >= 11 is 4.92. The second-order valence-electron chi connectivity index (χ2n) is 5.33. The number of rotatable bonds is 3. The second kappa shape index (κ2) is 4.83. The van der Waals surface area contributed by atoms with Crippen LogP contribution >= 0.6 is 12.2 Å². The summed E-state index contributed by atoms with van der Waals surface area (Å²) in [5.74, 6) is 0. The quantitative estimate of drug-likeness (QED) is 0.818. The Morgan fingerprint density at radius 3 is 2.12 bits per heavy atom. The number of hydrogen-bond donors (Lipinski definition) is 1. The Kier molecular flexibility index (Phi) is 3.92. The molecule has 88 valence electrons. The minimum atomic E-state index is 0.288. The number of nitrogens with zero attached hydrogens (tertiary/aromatic N) is 1. The molecular formula is C13H20N2S. The zero-order valence-electron chi connectivity index (χ0n) is 10.4. The first-order valence-corrected chi connectivity index (χ1v) is 5.81. The van der Waals surface area contributed by atoms with Crippen LogP contribution in [0.2, 0.25) is 0 Å². The molecule has 3 heteroatoms. The summed E-state index contributed by atoms with van der Waals surface area (Å²) in [5, 5.41) is 0. The molecule has 0 amide bonds. The molecule has 16 heavy (non-hydrogen) atoms. The molecular weight excluding hydrogens is 216 g/mol. The zero-order valence-corrected chi connectivity index (χ0v) is 11.3. The minimum Gasteiger partial charge on any atom is -0.389 e. The van der Waals surface area contributed by atoms with Crippen molar-refractivity contribution < 1.29 is 0 Å². The maximum absolute atomic E-state index is 5.56. The van der Waals surface area contributed by atoms with Gasteiger partial charge in [0.25, 0.3) is 0 Å². The summed E-state index contributed by atoms with van der Waals surface area (Å²) in [7, 11) is 2.10. The van der Waals surface area contributed by atoms with Crippen LogP contribution in [0.4, 0.5) is 5.69 Å². The summed E-state index contributed by atoms with van der Waals surface area (Å²) in [6.07, 6.45) is 0. The maximum Gasteiger partial charge on any atom is 0.103 e. The van der Waals surface area contributed by atoms with Gasteiger partial charge in [-0.2, -0.15) is 0 Å². The van der Waals surface area contributed by atoms with Crippen LogP contribution in [0.25, 0.3) is 0 Å². The third kappa shape index (κ3) is 3.81. The van der Waals surface area contributed by atoms with E-state index in [1.54, 1.807) is 0 Å². The molecule has 0 fully saturated rings. The van der Waals surface area contributed by atoms with Gasteiger partial charge in [0.2, 0.25) is 0 Å². The predicted octanol–water partition coefficient (Wildman–Crippen LogP) is 2.80. The number of benzene rings is 1. The first-order chi connectivity index (χ1) is 7.29. The van der Waals surface area contributed by atoms with Gasteiger partial charge in [-0.3, -0.25) is 0 Å². The average molecular weight is 236 g/mol. The van der Waals surface area contributed by atoms with Gasteiger partial charge in [0.1, 0.15) is 4.99 Å². The van der Waals surface area contributed by atoms with E-state index in [9.17, 15) is 0 Å². The fourth-order valence-electron chi connectivity index (χ4n) is 1.68. The Morgan fingerprint density at radius 1 is 1.25 bits per heavy atom. The third-order valence-corrected chi connectivity index (χ3v) is 2.54. The van der Waals surface area contributed by atoms with Crippen molar-refractivity contribution in [2.24, 2.45) is 11.1 Å². The molecule has 0 radical (unpaired) electrons. The van der Waals surface area contributed by atoms with Gasteiger partial charge in [-0.05, 0) is 29.7 Å². The summed E-state index contributed by atoms with van der Waals surface area (Å²) in [6, 6.07) is 8.05. The summed E-state index contributed by atoms with van der Waals surface area (Å²) in [6.45, 7) is 7.70. The lowest BCUT2D eigenvalue weighted by atomic mass is 9.96. The normalized spacial score (nSPS) is 11.2. The fourth-order valence-corrected chi connectivity index (χ4v) is 1.82. The maximum atomic E-state index is 5.56. The van der Waals surface area contributed by atoms with Gasteiger partial charge in [0.05, 0.1) is 0 Å². The minimum absolute atomic E-state index is 0.288. The molecule has 0 spiro atoms. The number of anilines is 1. The van der Waals surface area contributed by atoms with Crippen LogP contribution in [0.5, 0.6) is 0 Å². The molecule has 1 rings (SSSR count). The molecule has 1 aromatic carbocycles. The highest BCUT2D eigenvalue weighted by molar-refractivity contribution is 7.80. The van der Waals surface area contributed by atoms with Crippen LogP contribution in [-0.4, -0.2) is 18.6 Å². The fraction of sp³-hybridized carbons (Fsp3) is 0.462. The lowest BCUT2D eigenvalue weighted by Crippen LogP contribution is -2.29. The van der Waals surface area contributed by atoms with Crippen molar-refractivity contribution >= 4 is 22.9 Å². The van der Waals surface area contributed by atoms with Gasteiger partial charge in [0.15, 0.2) is 0 Å². The number of thiocarbonyl (C=S) groups is 1. The van der Waals surface area contributed by atoms with E-state index < -0.39 is 0 Å². The Morgan fingerprint density at radius 2 is 1.75 bits per heavy atom. The highest BCUT2D eigenvalue weighted by Crippen LogP contribution is 2.20. The molecule has 0 heterocycles. The van der Waals surface area contributed by atoms with E-state index in [4.69, 9.17) is 18.0 Å². The monoisotopic (exact) mass is 236 g/mol. The van der Waals surface area contributed by atoms with E-state index in [0.29, 0.717) is 4.99 Å². The summed E-state index contributed by atoms with van der Waals surface area (Å²) in [4.78, 5) is 2.69. The van der Waals surface area contributed by atoms with Crippen LogP contribution in [0, 0.1) is 5.41 Å². The van der Waals surface area contributed by atoms with Crippen molar-refractivity contribution in [3.63, 3.8) is 0 Å². The van der Waals surface area contributed by atoms with Crippen molar-refractivity contribution in [3.8, 4) is 0 Å². The van der Waals surface area contributed by atoms with Gasteiger partial charge < -0.3 is 10.6 Å². The highest BCUT2D eigenvalue weighted by atomic mass is 32.1. The highest BCUT2D eigenvalue weighted by Gasteiger charge is 2.13. The molecule has 2 N–H and O–H groups in total. The van der Waals surface area contributed by atoms with E-state index in [1.165, 1.54) is 5.69 Å². The van der Waals surface area contributed by atoms with Gasteiger partial charge in [-0.15, -0.1) is 0 Å². The molecule has 0 unspecified atom stereocenters. The van der Waals surface area contributed by atoms with Gasteiger partial charge in [-0.1, -0.05) is 33.0 Å². The molecule has 0 aromatic heterocycles. The van der Waals surface area contributed by atoms with E-state index in [1.807, 2.05) is 12.1 Å². The van der Waals surface area contributed by atoms with Gasteiger partial charge >= 0.3 is 0 Å². The third-order valence-electron chi connectivity index (χ3n) is 2.30. The van der Waals surface area contributed by atoms with E-state index >= 15 is 0 Å². The number of nitrogens with two attached hydrogens (primary N) is 1. The smallest absolute Gasteiger partial charge is 0.103 e. The molecule has 0 aliphatic heterocycles. The lowest BCUT2D eigenvalue weighted by Gasteiger charge is -2.28. The van der Waals surface area contributed by atoms with Crippen molar-refractivity contribution in [2.45, 2.75) is 20.8 Å². The first-order valence-electron chi connectivity index (χ1n) is 5.40. The van der Waals surface area contributed by atoms with Crippen LogP contribution in [0.1, 0.15) is 26.3 Å². The van der Waals surface area contributed by atoms with Gasteiger partial charge in [0, 0.05) is 24.8 Å². The molecule has 0 bridgehead atoms. The van der Waals surface area contributed by atoms with Crippen LogP contribution in [0.15, 0.2) is 24.3 Å². The second-order valence-corrected chi connectivity index (χ2v) is 5.77. The lowest BCUT2D eigenvalue weighted by molar-refractivity contribution is 0.419. The molecule has 0 atom stereocenters. The Balaban J connectivity index is 2.78.